The van der Waals surface area contributed by atoms with E-state index in [1.54, 1.807) is 0 Å². The number of anilines is 3. The molecular weight excluding hydrogens is 639 g/mol. The van der Waals surface area contributed by atoms with Crippen LogP contribution in [0.1, 0.15) is 0 Å². The molecule has 52 heavy (non-hydrogen) atoms. The lowest BCUT2D eigenvalue weighted by atomic mass is 9.94. The van der Waals surface area contributed by atoms with Crippen LogP contribution >= 0.6 is 0 Å². The number of para-hydroxylation sites is 3. The maximum Gasteiger partial charge on any atom is 0.136 e. The Balaban J connectivity index is 1.06. The first-order valence-corrected chi connectivity index (χ1v) is 17.5. The molecule has 8 aromatic carbocycles. The molecule has 0 bridgehead atoms. The van der Waals surface area contributed by atoms with Gasteiger partial charge in [-0.15, -0.1) is 0 Å². The molecule has 0 atom stereocenters. The topological polar surface area (TPSA) is 42.7 Å². The summed E-state index contributed by atoms with van der Waals surface area (Å²) in [5, 5.41) is 6.55. The molecule has 0 radical (unpaired) electrons. The molecule has 0 spiro atoms. The largest absolute Gasteiger partial charge is 0.456 e. The van der Waals surface area contributed by atoms with Gasteiger partial charge in [0.25, 0.3) is 0 Å². The fourth-order valence-corrected chi connectivity index (χ4v) is 7.91. The van der Waals surface area contributed by atoms with Gasteiger partial charge >= 0.3 is 0 Å². The number of fused-ring (bicyclic) bond motifs is 9. The highest BCUT2D eigenvalue weighted by Crippen LogP contribution is 2.44. The Kier molecular flexibility index (Phi) is 6.22. The van der Waals surface area contributed by atoms with E-state index >= 15 is 0 Å². The molecule has 0 aliphatic heterocycles. The zero-order valence-corrected chi connectivity index (χ0v) is 27.9. The Morgan fingerprint density at radius 2 is 0.769 bits per heavy atom. The fraction of sp³-hybridized carbons (Fsp3) is 0. The summed E-state index contributed by atoms with van der Waals surface area (Å²) >= 11 is 0. The van der Waals surface area contributed by atoms with Crippen LogP contribution in [0.4, 0.5) is 17.1 Å². The van der Waals surface area contributed by atoms with Crippen molar-refractivity contribution in [2.75, 3.05) is 4.90 Å². The molecule has 3 heterocycles. The fourth-order valence-electron chi connectivity index (χ4n) is 7.91. The number of rotatable bonds is 5. The lowest BCUT2D eigenvalue weighted by Crippen LogP contribution is -2.09. The molecule has 0 amide bonds. The van der Waals surface area contributed by atoms with Crippen molar-refractivity contribution in [3.05, 3.63) is 176 Å². The summed E-state index contributed by atoms with van der Waals surface area (Å²) in [4.78, 5) is 2.28. The summed E-state index contributed by atoms with van der Waals surface area (Å²) in [6.45, 7) is 0. The number of furan rings is 3. The molecule has 4 heteroatoms. The van der Waals surface area contributed by atoms with E-state index in [0.29, 0.717) is 0 Å². The highest BCUT2D eigenvalue weighted by molar-refractivity contribution is 6.19. The lowest BCUT2D eigenvalue weighted by molar-refractivity contribution is 0.668. The minimum Gasteiger partial charge on any atom is -0.456 e. The van der Waals surface area contributed by atoms with E-state index in [-0.39, 0.29) is 0 Å². The van der Waals surface area contributed by atoms with Gasteiger partial charge in [0.1, 0.15) is 33.5 Å². The standard InChI is InChI=1S/C48H29NO3/c1-3-11-32(12-4-1)49(33-13-5-2-6-14-33)34-23-26-42-40(29-34)39-25-22-31(28-46(39)51-42)36-17-10-20-44-48(36)47-35(16-9-19-43(47)52-44)30-21-24-38-37-15-7-8-18-41(37)50-45(38)27-30/h1-29H. The molecule has 0 fully saturated rings. The van der Waals surface area contributed by atoms with Gasteiger partial charge in [-0.2, -0.15) is 0 Å². The smallest absolute Gasteiger partial charge is 0.136 e. The van der Waals surface area contributed by atoms with Crippen LogP contribution in [0.2, 0.25) is 0 Å². The van der Waals surface area contributed by atoms with E-state index in [4.69, 9.17) is 13.3 Å². The van der Waals surface area contributed by atoms with Gasteiger partial charge in [-0.25, -0.2) is 0 Å². The van der Waals surface area contributed by atoms with Crippen molar-refractivity contribution in [2.24, 2.45) is 0 Å². The normalized spacial score (nSPS) is 11.8. The Bertz CT molecular complexity index is 3090. The van der Waals surface area contributed by atoms with E-state index in [9.17, 15) is 0 Å². The minimum absolute atomic E-state index is 0.844. The van der Waals surface area contributed by atoms with Crippen LogP contribution in [0.25, 0.3) is 88.1 Å². The van der Waals surface area contributed by atoms with Crippen LogP contribution in [0.3, 0.4) is 0 Å². The number of hydrogen-bond acceptors (Lipinski definition) is 4. The molecule has 4 nitrogen and oxygen atoms in total. The van der Waals surface area contributed by atoms with Crippen LogP contribution in [-0.2, 0) is 0 Å². The van der Waals surface area contributed by atoms with Crippen molar-refractivity contribution in [1.82, 2.24) is 0 Å². The third-order valence-electron chi connectivity index (χ3n) is 10.3. The predicted molar refractivity (Wildman–Crippen MR) is 214 cm³/mol. The van der Waals surface area contributed by atoms with E-state index in [1.165, 1.54) is 0 Å². The van der Waals surface area contributed by atoms with Gasteiger partial charge in [-0.3, -0.25) is 0 Å². The van der Waals surface area contributed by atoms with E-state index in [0.717, 1.165) is 105 Å². The van der Waals surface area contributed by atoms with Crippen molar-refractivity contribution in [3.8, 4) is 22.3 Å². The van der Waals surface area contributed by atoms with E-state index < -0.39 is 0 Å². The van der Waals surface area contributed by atoms with Crippen LogP contribution in [0, 0.1) is 0 Å². The van der Waals surface area contributed by atoms with Gasteiger partial charge in [-0.1, -0.05) is 91.0 Å². The minimum atomic E-state index is 0.844. The van der Waals surface area contributed by atoms with Crippen molar-refractivity contribution in [3.63, 3.8) is 0 Å². The Morgan fingerprint density at radius 3 is 1.38 bits per heavy atom. The van der Waals surface area contributed by atoms with Gasteiger partial charge in [0.05, 0.1) is 0 Å². The highest BCUT2D eigenvalue weighted by atomic mass is 16.3. The second-order valence-corrected chi connectivity index (χ2v) is 13.3. The van der Waals surface area contributed by atoms with E-state index in [2.05, 4.69) is 157 Å². The SMILES string of the molecule is c1ccc(N(c2ccccc2)c2ccc3oc4cc(-c5cccc6oc7cccc(-c8ccc9c(c8)oc8ccccc89)c7c56)ccc4c3c2)cc1. The molecule has 3 aromatic heterocycles. The number of nitrogens with zero attached hydrogens (tertiary/aromatic N) is 1. The average molecular weight is 668 g/mol. The molecule has 0 aliphatic rings. The van der Waals surface area contributed by atoms with Crippen LogP contribution in [0.5, 0.6) is 0 Å². The molecule has 0 unspecified atom stereocenters. The van der Waals surface area contributed by atoms with Crippen LogP contribution in [0.15, 0.2) is 189 Å². The van der Waals surface area contributed by atoms with Gasteiger partial charge in [-0.05, 0) is 107 Å². The van der Waals surface area contributed by atoms with E-state index in [1.807, 2.05) is 24.3 Å². The van der Waals surface area contributed by atoms with Crippen molar-refractivity contribution >= 4 is 82.9 Å². The summed E-state index contributed by atoms with van der Waals surface area (Å²) in [6.07, 6.45) is 0. The Morgan fingerprint density at radius 1 is 0.288 bits per heavy atom. The molecule has 11 aromatic rings. The van der Waals surface area contributed by atoms with Gasteiger partial charge in [0.15, 0.2) is 0 Å². The van der Waals surface area contributed by atoms with Crippen molar-refractivity contribution in [2.45, 2.75) is 0 Å². The van der Waals surface area contributed by atoms with Crippen molar-refractivity contribution < 1.29 is 13.3 Å². The van der Waals surface area contributed by atoms with Gasteiger partial charge in [0, 0.05) is 49.4 Å². The molecule has 0 N–H and O–H groups in total. The van der Waals surface area contributed by atoms with Crippen LogP contribution in [-0.4, -0.2) is 0 Å². The summed E-state index contributed by atoms with van der Waals surface area (Å²) < 4.78 is 19.3. The second kappa shape index (κ2) is 11.2. The summed E-state index contributed by atoms with van der Waals surface area (Å²) in [7, 11) is 0. The summed E-state index contributed by atoms with van der Waals surface area (Å²) in [5.74, 6) is 0. The molecule has 0 saturated heterocycles. The Labute approximate surface area is 298 Å². The maximum absolute atomic E-state index is 6.55. The third kappa shape index (κ3) is 4.41. The van der Waals surface area contributed by atoms with Crippen LogP contribution < -0.4 is 4.90 Å². The first-order chi connectivity index (χ1) is 25.8. The second-order valence-electron chi connectivity index (χ2n) is 13.3. The maximum atomic E-state index is 6.55. The van der Waals surface area contributed by atoms with Gasteiger partial charge < -0.3 is 18.2 Å². The lowest BCUT2D eigenvalue weighted by Gasteiger charge is -2.25. The quantitative estimate of drug-likeness (QED) is 0.183. The molecule has 11 rings (SSSR count). The zero-order chi connectivity index (χ0) is 34.2. The third-order valence-corrected chi connectivity index (χ3v) is 10.3. The molecule has 0 saturated carbocycles. The summed E-state index contributed by atoms with van der Waals surface area (Å²) in [6, 6.07) is 61.2. The zero-order valence-electron chi connectivity index (χ0n) is 27.9. The van der Waals surface area contributed by atoms with Gasteiger partial charge in [0.2, 0.25) is 0 Å². The molecule has 0 aliphatic carbocycles. The molecular formula is C48H29NO3. The number of hydrogen-bond donors (Lipinski definition) is 0. The van der Waals surface area contributed by atoms with Crippen molar-refractivity contribution in [1.29, 1.82) is 0 Å². The predicted octanol–water partition coefficient (Wildman–Crippen LogP) is 14.2. The first kappa shape index (κ1) is 28.8. The monoisotopic (exact) mass is 667 g/mol. The number of benzene rings is 8. The average Bonchev–Trinajstić information content (AvgIpc) is 3.89. The Hall–Kier alpha value is -7.04. The highest BCUT2D eigenvalue weighted by Gasteiger charge is 2.20. The first-order valence-electron chi connectivity index (χ1n) is 17.5. The molecule has 244 valence electrons. The summed E-state index contributed by atoms with van der Waals surface area (Å²) in [5.41, 5.74) is 12.8.